The second-order valence-electron chi connectivity index (χ2n) is 16.5. The van der Waals surface area contributed by atoms with Crippen molar-refractivity contribution in [3.8, 4) is 11.1 Å². The Morgan fingerprint density at radius 3 is 2.46 bits per heavy atom. The number of nitrogens with zero attached hydrogens (tertiary/aromatic N) is 6. The van der Waals surface area contributed by atoms with Crippen molar-refractivity contribution >= 4 is 63.2 Å². The summed E-state index contributed by atoms with van der Waals surface area (Å²) in [6.07, 6.45) is 8.66. The first-order chi connectivity index (χ1) is 28.4. The maximum absolute atomic E-state index is 16.3. The van der Waals surface area contributed by atoms with Crippen molar-refractivity contribution in [2.45, 2.75) is 52.5 Å². The van der Waals surface area contributed by atoms with E-state index in [4.69, 9.17) is 11.6 Å². The number of halogens is 2. The van der Waals surface area contributed by atoms with Crippen molar-refractivity contribution in [2.24, 2.45) is 5.41 Å². The number of hydrogen-bond donors (Lipinski definition) is 2. The number of aromatic amines is 1. The third kappa shape index (κ3) is 7.37. The topological polar surface area (TPSA) is 127 Å². The third-order valence-electron chi connectivity index (χ3n) is 12.5. The fourth-order valence-corrected chi connectivity index (χ4v) is 9.39. The average Bonchev–Trinajstić information content (AvgIpc) is 3.90. The van der Waals surface area contributed by atoms with Crippen molar-refractivity contribution in [1.29, 1.82) is 0 Å². The molecule has 3 fully saturated rings. The first kappa shape index (κ1) is 38.6. The number of nitrogens with one attached hydrogen (secondary N) is 2. The SMILES string of the molecule is Cc1cc2c(-c3ccc(N4CCC5(CC4)CN(C(=O)c4cc(C)c(Cl)c(N6CCC(=O)NC6=O)c4)C5)cc3)cc(C3=CCCN(C(=O)CCn4cccn4)C3)c(F)c2[nH]1. The highest BCUT2D eigenvalue weighted by Gasteiger charge is 2.47. The lowest BCUT2D eigenvalue weighted by Crippen LogP contribution is -2.62. The molecule has 0 atom stereocenters. The number of anilines is 2. The van der Waals surface area contributed by atoms with Crippen LogP contribution in [0.5, 0.6) is 0 Å². The summed E-state index contributed by atoms with van der Waals surface area (Å²) in [6.45, 7) is 8.47. The van der Waals surface area contributed by atoms with Gasteiger partial charge in [0.1, 0.15) is 0 Å². The number of carbonyl (C=O) groups is 4. The molecule has 14 heteroatoms. The molecule has 6 heterocycles. The number of aryl methyl sites for hydroxylation is 3. The lowest BCUT2D eigenvalue weighted by molar-refractivity contribution is -0.131. The predicted molar refractivity (Wildman–Crippen MR) is 226 cm³/mol. The van der Waals surface area contributed by atoms with Gasteiger partial charge in [0.2, 0.25) is 11.8 Å². The van der Waals surface area contributed by atoms with E-state index < -0.39 is 6.03 Å². The Morgan fingerprint density at radius 2 is 1.73 bits per heavy atom. The summed E-state index contributed by atoms with van der Waals surface area (Å²) in [5.41, 5.74) is 7.36. The highest BCUT2D eigenvalue weighted by molar-refractivity contribution is 6.35. The molecule has 5 aromatic rings. The second kappa shape index (κ2) is 15.3. The first-order valence-corrected chi connectivity index (χ1v) is 20.7. The second-order valence-corrected chi connectivity index (χ2v) is 16.8. The molecule has 0 saturated carbocycles. The van der Waals surface area contributed by atoms with E-state index in [0.717, 1.165) is 59.4 Å². The van der Waals surface area contributed by atoms with E-state index in [2.05, 4.69) is 50.6 Å². The van der Waals surface area contributed by atoms with Crippen LogP contribution in [0.15, 0.2) is 73.1 Å². The van der Waals surface area contributed by atoms with Gasteiger partial charge in [0.25, 0.3) is 5.91 Å². The number of carbonyl (C=O) groups excluding carboxylic acids is 4. The summed E-state index contributed by atoms with van der Waals surface area (Å²) in [5, 5.41) is 7.74. The number of aromatic nitrogens is 3. The summed E-state index contributed by atoms with van der Waals surface area (Å²) in [5.74, 6) is -0.699. The van der Waals surface area contributed by atoms with Crippen LogP contribution in [0.2, 0.25) is 5.02 Å². The number of H-pyrrole nitrogens is 1. The third-order valence-corrected chi connectivity index (χ3v) is 13.0. The maximum Gasteiger partial charge on any atom is 0.328 e. The zero-order valence-electron chi connectivity index (χ0n) is 33.2. The Bertz CT molecular complexity index is 2510. The number of fused-ring (bicyclic) bond motifs is 1. The van der Waals surface area contributed by atoms with Crippen LogP contribution < -0.4 is 15.1 Å². The molecule has 0 radical (unpaired) electrons. The van der Waals surface area contributed by atoms with Crippen LogP contribution in [0, 0.1) is 25.1 Å². The predicted octanol–water partition coefficient (Wildman–Crippen LogP) is 7.34. The molecule has 3 saturated heterocycles. The van der Waals surface area contributed by atoms with Crippen LogP contribution in [0.1, 0.15) is 59.3 Å². The Kier molecular flexibility index (Phi) is 10.0. The van der Waals surface area contributed by atoms with Gasteiger partial charge in [0.15, 0.2) is 5.82 Å². The standard InChI is InChI=1S/C45H46ClFN8O4/c1-28-21-32(23-37(40(28)46)55-18-10-38(56)50-44(55)59)43(58)53-26-45(27-53)12-19-51(20-13-45)33-8-6-30(7-9-33)34-24-35(41(47)42-36(34)22-29(2)49-42)31-5-3-15-52(25-31)39(57)11-17-54-16-4-14-48-54/h4-9,14,16,21-24,49H,3,10-13,15,17-20,25-27H2,1-2H3,(H,50,56,59). The summed E-state index contributed by atoms with van der Waals surface area (Å²) in [7, 11) is 0. The molecule has 2 N–H and O–H groups in total. The largest absolute Gasteiger partial charge is 0.371 e. The van der Waals surface area contributed by atoms with Crippen LogP contribution in [0.25, 0.3) is 27.6 Å². The van der Waals surface area contributed by atoms with Crippen molar-refractivity contribution in [3.05, 3.63) is 106 Å². The molecule has 1 spiro atoms. The minimum Gasteiger partial charge on any atom is -0.371 e. The molecule has 2 aromatic heterocycles. The van der Waals surface area contributed by atoms with E-state index in [1.165, 1.54) is 4.90 Å². The van der Waals surface area contributed by atoms with E-state index in [-0.39, 0.29) is 41.9 Å². The molecule has 3 aromatic carbocycles. The number of imide groups is 1. The number of likely N-dealkylation sites (tertiary alicyclic amines) is 1. The minimum atomic E-state index is -0.540. The molecule has 4 aliphatic rings. The van der Waals surface area contributed by atoms with Crippen LogP contribution in [-0.4, -0.2) is 94.1 Å². The summed E-state index contributed by atoms with van der Waals surface area (Å²) in [6, 6.07) is 17.1. The lowest BCUT2D eigenvalue weighted by atomic mass is 9.71. The molecule has 0 bridgehead atoms. The van der Waals surface area contributed by atoms with Gasteiger partial charge in [-0.1, -0.05) is 29.8 Å². The van der Waals surface area contributed by atoms with Gasteiger partial charge in [-0.2, -0.15) is 5.10 Å². The van der Waals surface area contributed by atoms with Crippen LogP contribution in [-0.2, 0) is 16.1 Å². The number of amides is 5. The molecular formula is C45H46ClFN8O4. The Morgan fingerprint density at radius 1 is 0.949 bits per heavy atom. The number of rotatable bonds is 8. The van der Waals surface area contributed by atoms with Gasteiger partial charge < -0.3 is 19.7 Å². The van der Waals surface area contributed by atoms with E-state index in [9.17, 15) is 19.2 Å². The average molecular weight is 817 g/mol. The van der Waals surface area contributed by atoms with Gasteiger partial charge in [0.05, 0.1) is 16.2 Å². The zero-order valence-corrected chi connectivity index (χ0v) is 33.9. The molecule has 9 rings (SSSR count). The number of benzene rings is 3. The Hall–Kier alpha value is -5.95. The monoisotopic (exact) mass is 816 g/mol. The number of piperidine rings is 1. The Labute approximate surface area is 346 Å². The minimum absolute atomic E-state index is 0.0273. The molecule has 4 aliphatic heterocycles. The molecule has 5 amide bonds. The van der Waals surface area contributed by atoms with Gasteiger partial charge in [-0.05, 0) is 97.8 Å². The molecule has 59 heavy (non-hydrogen) atoms. The van der Waals surface area contributed by atoms with Crippen molar-refractivity contribution in [1.82, 2.24) is 29.9 Å². The van der Waals surface area contributed by atoms with Gasteiger partial charge >= 0.3 is 6.03 Å². The number of urea groups is 1. The maximum atomic E-state index is 16.3. The van der Waals surface area contributed by atoms with Crippen LogP contribution in [0.3, 0.4) is 0 Å². The molecule has 0 unspecified atom stereocenters. The van der Waals surface area contributed by atoms with Crippen LogP contribution >= 0.6 is 11.6 Å². The van der Waals surface area contributed by atoms with E-state index in [1.54, 1.807) is 23.0 Å². The van der Waals surface area contributed by atoms with Crippen molar-refractivity contribution in [2.75, 3.05) is 55.6 Å². The number of hydrogen-bond acceptors (Lipinski definition) is 6. The zero-order chi connectivity index (χ0) is 41.0. The van der Waals surface area contributed by atoms with Crippen molar-refractivity contribution in [3.63, 3.8) is 0 Å². The summed E-state index contributed by atoms with van der Waals surface area (Å²) >= 11 is 6.59. The van der Waals surface area contributed by atoms with Crippen LogP contribution in [0.4, 0.5) is 20.6 Å². The van der Waals surface area contributed by atoms with Crippen molar-refractivity contribution < 1.29 is 23.6 Å². The van der Waals surface area contributed by atoms with E-state index >= 15 is 4.39 Å². The lowest BCUT2D eigenvalue weighted by Gasteiger charge is -2.54. The Balaban J connectivity index is 0.858. The highest BCUT2D eigenvalue weighted by atomic mass is 35.5. The normalized spacial score (nSPS) is 18.0. The van der Waals surface area contributed by atoms with Gasteiger partial charge in [-0.15, -0.1) is 0 Å². The smallest absolute Gasteiger partial charge is 0.328 e. The summed E-state index contributed by atoms with van der Waals surface area (Å²) < 4.78 is 18.0. The van der Waals surface area contributed by atoms with E-state index in [1.807, 2.05) is 48.0 Å². The molecule has 0 aliphatic carbocycles. The van der Waals surface area contributed by atoms with Gasteiger partial charge in [-0.3, -0.25) is 29.3 Å². The fraction of sp³-hybridized carbons (Fsp3) is 0.356. The quantitative estimate of drug-likeness (QED) is 0.169. The molecule has 304 valence electrons. The first-order valence-electron chi connectivity index (χ1n) is 20.3. The molecule has 12 nitrogen and oxygen atoms in total. The molecular weight excluding hydrogens is 771 g/mol. The highest BCUT2D eigenvalue weighted by Crippen LogP contribution is 2.43. The summed E-state index contributed by atoms with van der Waals surface area (Å²) in [4.78, 5) is 61.9. The fourth-order valence-electron chi connectivity index (χ4n) is 9.18. The van der Waals surface area contributed by atoms with E-state index in [0.29, 0.717) is 78.5 Å². The van der Waals surface area contributed by atoms with Gasteiger partial charge in [0, 0.05) is 111 Å². The van der Waals surface area contributed by atoms with Gasteiger partial charge in [-0.25, -0.2) is 9.18 Å².